The van der Waals surface area contributed by atoms with E-state index in [-0.39, 0.29) is 0 Å². The van der Waals surface area contributed by atoms with Crippen LogP contribution in [0, 0.1) is 5.41 Å². The average Bonchev–Trinajstić information content (AvgIpc) is 2.50. The van der Waals surface area contributed by atoms with Crippen molar-refractivity contribution in [1.82, 2.24) is 0 Å². The molecule has 0 radical (unpaired) electrons. The van der Waals surface area contributed by atoms with Gasteiger partial charge in [0.15, 0.2) is 0 Å². The Kier molecular flexibility index (Phi) is 3.34. The fraction of sp³-hybridized carbons (Fsp3) is 0.300. The number of carboxylic acids is 1. The van der Waals surface area contributed by atoms with E-state index in [1.54, 1.807) is 13.0 Å². The van der Waals surface area contributed by atoms with Gasteiger partial charge >= 0.3 is 5.97 Å². The van der Waals surface area contributed by atoms with Crippen molar-refractivity contribution >= 4 is 28.9 Å². The minimum absolute atomic E-state index is 0.434. The molecule has 0 bridgehead atoms. The lowest BCUT2D eigenvalue weighted by Crippen LogP contribution is -2.26. The number of carbonyl (C=O) groups is 1. The summed E-state index contributed by atoms with van der Waals surface area (Å²) < 4.78 is 0.678. The lowest BCUT2D eigenvalue weighted by molar-refractivity contribution is -0.145. The molecule has 1 aromatic heterocycles. The Bertz CT molecular complexity index is 359. The van der Waals surface area contributed by atoms with Crippen LogP contribution in [0.25, 0.3) is 0 Å². The van der Waals surface area contributed by atoms with Crippen molar-refractivity contribution in [3.63, 3.8) is 0 Å². The highest BCUT2D eigenvalue weighted by Gasteiger charge is 2.30. The van der Waals surface area contributed by atoms with Gasteiger partial charge in [0.05, 0.1) is 9.75 Å². The SMILES string of the molecule is C=CC(C)(Cc1ccc(Cl)s1)C(=O)O. The molecule has 1 unspecified atom stereocenters. The maximum Gasteiger partial charge on any atom is 0.313 e. The van der Waals surface area contributed by atoms with E-state index >= 15 is 0 Å². The molecule has 0 aliphatic carbocycles. The first-order chi connectivity index (χ1) is 6.48. The summed E-state index contributed by atoms with van der Waals surface area (Å²) in [5, 5.41) is 9.00. The number of halogens is 1. The molecular formula is C10H11ClO2S. The minimum atomic E-state index is -0.909. The van der Waals surface area contributed by atoms with Crippen LogP contribution in [0.2, 0.25) is 4.34 Å². The Balaban J connectivity index is 2.85. The van der Waals surface area contributed by atoms with Crippen LogP contribution < -0.4 is 0 Å². The number of hydrogen-bond donors (Lipinski definition) is 1. The molecule has 76 valence electrons. The predicted octanol–water partition coefficient (Wildman–Crippen LogP) is 3.22. The lowest BCUT2D eigenvalue weighted by Gasteiger charge is -2.18. The van der Waals surface area contributed by atoms with E-state index in [4.69, 9.17) is 16.7 Å². The standard InChI is InChI=1S/C10H11ClO2S/c1-3-10(2,9(12)13)6-7-4-5-8(11)14-7/h3-5H,1,6H2,2H3,(H,12,13). The smallest absolute Gasteiger partial charge is 0.313 e. The van der Waals surface area contributed by atoms with Gasteiger partial charge in [-0.25, -0.2) is 0 Å². The Morgan fingerprint density at radius 2 is 2.43 bits per heavy atom. The third-order valence-corrected chi connectivity index (χ3v) is 3.34. The van der Waals surface area contributed by atoms with Crippen LogP contribution in [0.15, 0.2) is 24.8 Å². The lowest BCUT2D eigenvalue weighted by atomic mass is 9.86. The zero-order valence-electron chi connectivity index (χ0n) is 7.79. The van der Waals surface area contributed by atoms with Crippen molar-refractivity contribution in [1.29, 1.82) is 0 Å². The summed E-state index contributed by atoms with van der Waals surface area (Å²) in [5.41, 5.74) is -0.909. The van der Waals surface area contributed by atoms with E-state index in [1.165, 1.54) is 17.4 Å². The minimum Gasteiger partial charge on any atom is -0.481 e. The van der Waals surface area contributed by atoms with Gasteiger partial charge in [0.25, 0.3) is 0 Å². The highest BCUT2D eigenvalue weighted by Crippen LogP contribution is 2.30. The first-order valence-electron chi connectivity index (χ1n) is 4.09. The van der Waals surface area contributed by atoms with Gasteiger partial charge in [-0.2, -0.15) is 0 Å². The quantitative estimate of drug-likeness (QED) is 0.807. The van der Waals surface area contributed by atoms with E-state index in [2.05, 4.69) is 6.58 Å². The number of thiophene rings is 1. The fourth-order valence-corrected chi connectivity index (χ4v) is 2.30. The van der Waals surface area contributed by atoms with E-state index in [1.807, 2.05) is 6.07 Å². The molecule has 0 saturated heterocycles. The van der Waals surface area contributed by atoms with E-state index in [9.17, 15) is 4.79 Å². The molecule has 2 nitrogen and oxygen atoms in total. The molecule has 0 aliphatic rings. The van der Waals surface area contributed by atoms with Crippen LogP contribution in [-0.2, 0) is 11.2 Å². The van der Waals surface area contributed by atoms with Gasteiger partial charge in [0.2, 0.25) is 0 Å². The first-order valence-corrected chi connectivity index (χ1v) is 5.28. The van der Waals surface area contributed by atoms with Crippen molar-refractivity contribution in [2.24, 2.45) is 5.41 Å². The van der Waals surface area contributed by atoms with Crippen molar-refractivity contribution in [3.05, 3.63) is 34.0 Å². The molecule has 0 aromatic carbocycles. The number of hydrogen-bond acceptors (Lipinski definition) is 2. The molecule has 0 amide bonds. The van der Waals surface area contributed by atoms with Crippen LogP contribution in [0.1, 0.15) is 11.8 Å². The van der Waals surface area contributed by atoms with Gasteiger partial charge < -0.3 is 5.11 Å². The van der Waals surface area contributed by atoms with Gasteiger partial charge in [-0.3, -0.25) is 4.79 Å². The summed E-state index contributed by atoms with van der Waals surface area (Å²) in [4.78, 5) is 11.9. The van der Waals surface area contributed by atoms with Crippen LogP contribution in [0.5, 0.6) is 0 Å². The molecule has 1 heterocycles. The van der Waals surface area contributed by atoms with Crippen LogP contribution >= 0.6 is 22.9 Å². The maximum atomic E-state index is 11.0. The molecule has 0 aliphatic heterocycles. The summed E-state index contributed by atoms with van der Waals surface area (Å²) in [6.07, 6.45) is 1.90. The van der Waals surface area contributed by atoms with Crippen molar-refractivity contribution in [2.45, 2.75) is 13.3 Å². The monoisotopic (exact) mass is 230 g/mol. The second kappa shape index (κ2) is 4.15. The normalized spacial score (nSPS) is 14.7. The number of rotatable bonds is 4. The molecule has 0 fully saturated rings. The zero-order chi connectivity index (χ0) is 10.8. The van der Waals surface area contributed by atoms with E-state index in [0.717, 1.165) is 4.88 Å². The Labute approximate surface area is 91.8 Å². The molecule has 1 rings (SSSR count). The highest BCUT2D eigenvalue weighted by atomic mass is 35.5. The molecule has 1 N–H and O–H groups in total. The fourth-order valence-electron chi connectivity index (χ4n) is 1.04. The maximum absolute atomic E-state index is 11.0. The topological polar surface area (TPSA) is 37.3 Å². The van der Waals surface area contributed by atoms with Crippen LogP contribution in [0.3, 0.4) is 0 Å². The van der Waals surface area contributed by atoms with Crippen molar-refractivity contribution in [2.75, 3.05) is 0 Å². The summed E-state index contributed by atoms with van der Waals surface area (Å²) in [6.45, 7) is 5.20. The molecule has 0 spiro atoms. The second-order valence-electron chi connectivity index (χ2n) is 3.31. The summed E-state index contributed by atoms with van der Waals surface area (Å²) >= 11 is 7.16. The van der Waals surface area contributed by atoms with Gasteiger partial charge in [-0.1, -0.05) is 17.7 Å². The molecule has 14 heavy (non-hydrogen) atoms. The van der Waals surface area contributed by atoms with E-state index in [0.29, 0.717) is 10.8 Å². The molecular weight excluding hydrogens is 220 g/mol. The van der Waals surface area contributed by atoms with Gasteiger partial charge in [0, 0.05) is 11.3 Å². The summed E-state index contributed by atoms with van der Waals surface area (Å²) in [7, 11) is 0. The van der Waals surface area contributed by atoms with Gasteiger partial charge in [0.1, 0.15) is 0 Å². The van der Waals surface area contributed by atoms with Gasteiger partial charge in [-0.15, -0.1) is 17.9 Å². The molecule has 1 atom stereocenters. The summed E-state index contributed by atoms with van der Waals surface area (Å²) in [5.74, 6) is -0.864. The number of carboxylic acid groups (broad SMARTS) is 1. The Morgan fingerprint density at radius 1 is 1.79 bits per heavy atom. The van der Waals surface area contributed by atoms with Gasteiger partial charge in [-0.05, 0) is 19.1 Å². The molecule has 0 saturated carbocycles. The second-order valence-corrected chi connectivity index (χ2v) is 5.11. The van der Waals surface area contributed by atoms with Crippen LogP contribution in [-0.4, -0.2) is 11.1 Å². The largest absolute Gasteiger partial charge is 0.481 e. The first kappa shape index (κ1) is 11.3. The third kappa shape index (κ3) is 2.36. The Hall–Kier alpha value is -0.800. The summed E-state index contributed by atoms with van der Waals surface area (Å²) in [6, 6.07) is 3.62. The molecule has 1 aromatic rings. The zero-order valence-corrected chi connectivity index (χ0v) is 9.36. The van der Waals surface area contributed by atoms with E-state index < -0.39 is 11.4 Å². The van der Waals surface area contributed by atoms with Crippen molar-refractivity contribution in [3.8, 4) is 0 Å². The Morgan fingerprint density at radius 3 is 2.79 bits per heavy atom. The third-order valence-electron chi connectivity index (χ3n) is 2.11. The molecule has 4 heteroatoms. The highest BCUT2D eigenvalue weighted by molar-refractivity contribution is 7.16. The predicted molar refractivity (Wildman–Crippen MR) is 59.0 cm³/mol. The number of aliphatic carboxylic acids is 1. The van der Waals surface area contributed by atoms with Crippen LogP contribution in [0.4, 0.5) is 0 Å². The van der Waals surface area contributed by atoms with Crippen molar-refractivity contribution < 1.29 is 9.90 Å². The average molecular weight is 231 g/mol.